The number of carbonyl (C=O) groups is 1. The minimum atomic E-state index is -0.0360. The van der Waals surface area contributed by atoms with Crippen molar-refractivity contribution in [1.29, 1.82) is 0 Å². The highest BCUT2D eigenvalue weighted by atomic mass is 127. The molecule has 2 aromatic carbocycles. The molecule has 1 aliphatic heterocycles. The highest BCUT2D eigenvalue weighted by molar-refractivity contribution is 14.1. The zero-order valence-electron chi connectivity index (χ0n) is 13.3. The van der Waals surface area contributed by atoms with Gasteiger partial charge in [-0.05, 0) is 64.8 Å². The number of hydrogen-bond donors (Lipinski definition) is 1. The van der Waals surface area contributed by atoms with E-state index in [1.807, 2.05) is 30.3 Å². The maximum Gasteiger partial charge on any atom is 0.266 e. The first-order valence-electron chi connectivity index (χ1n) is 7.82. The van der Waals surface area contributed by atoms with Gasteiger partial charge >= 0.3 is 0 Å². The molecular formula is C19H16INO2S2. The van der Waals surface area contributed by atoms with Crippen molar-refractivity contribution in [3.8, 4) is 5.75 Å². The smallest absolute Gasteiger partial charge is 0.266 e. The summed E-state index contributed by atoms with van der Waals surface area (Å²) in [6.45, 7) is 0.629. The molecule has 0 unspecified atom stereocenters. The standard InChI is InChI=1S/C19H16INO2S2/c20-15-11-14(8-9-16(15)22)12-17-18(23)21(19(24)25-17)10-4-7-13-5-2-1-3-6-13/h1-3,5-6,8-9,11-12,22H,4,7,10H2. The summed E-state index contributed by atoms with van der Waals surface area (Å²) in [6, 6.07) is 15.5. The predicted molar refractivity (Wildman–Crippen MR) is 115 cm³/mol. The minimum absolute atomic E-state index is 0.0360. The van der Waals surface area contributed by atoms with E-state index >= 15 is 0 Å². The zero-order chi connectivity index (χ0) is 17.8. The molecule has 128 valence electrons. The summed E-state index contributed by atoms with van der Waals surface area (Å²) in [5.74, 6) is 0.206. The van der Waals surface area contributed by atoms with Gasteiger partial charge < -0.3 is 5.11 Å². The quantitative estimate of drug-likeness (QED) is 0.378. The molecule has 2 aromatic rings. The Morgan fingerprint density at radius 3 is 2.68 bits per heavy atom. The van der Waals surface area contributed by atoms with Crippen molar-refractivity contribution in [2.45, 2.75) is 12.8 Å². The van der Waals surface area contributed by atoms with E-state index in [1.165, 1.54) is 17.3 Å². The number of thiocarbonyl (C=S) groups is 1. The number of rotatable bonds is 5. The van der Waals surface area contributed by atoms with Gasteiger partial charge in [-0.25, -0.2) is 0 Å². The molecule has 0 bridgehead atoms. The van der Waals surface area contributed by atoms with E-state index in [0.717, 1.165) is 22.0 Å². The highest BCUT2D eigenvalue weighted by Crippen LogP contribution is 2.33. The molecule has 0 saturated carbocycles. The number of aryl methyl sites for hydroxylation is 1. The molecule has 3 nitrogen and oxygen atoms in total. The Labute approximate surface area is 170 Å². The van der Waals surface area contributed by atoms with Gasteiger partial charge in [0.25, 0.3) is 5.91 Å². The second-order valence-electron chi connectivity index (χ2n) is 5.63. The number of phenols is 1. The fraction of sp³-hybridized carbons (Fsp3) is 0.158. The monoisotopic (exact) mass is 481 g/mol. The van der Waals surface area contributed by atoms with Gasteiger partial charge in [0.05, 0.1) is 8.48 Å². The highest BCUT2D eigenvalue weighted by Gasteiger charge is 2.31. The van der Waals surface area contributed by atoms with Gasteiger partial charge in [-0.3, -0.25) is 9.69 Å². The van der Waals surface area contributed by atoms with Crippen LogP contribution in [0.3, 0.4) is 0 Å². The maximum atomic E-state index is 12.6. The molecule has 6 heteroatoms. The van der Waals surface area contributed by atoms with Gasteiger partial charge in [0.15, 0.2) is 0 Å². The lowest BCUT2D eigenvalue weighted by Gasteiger charge is -2.14. The Hall–Kier alpha value is -1.38. The van der Waals surface area contributed by atoms with E-state index in [9.17, 15) is 9.90 Å². The number of thioether (sulfide) groups is 1. The fourth-order valence-electron chi connectivity index (χ4n) is 2.54. The van der Waals surface area contributed by atoms with Crippen LogP contribution < -0.4 is 0 Å². The number of benzene rings is 2. The molecular weight excluding hydrogens is 465 g/mol. The van der Waals surface area contributed by atoms with Gasteiger partial charge in [-0.2, -0.15) is 0 Å². The lowest BCUT2D eigenvalue weighted by Crippen LogP contribution is -2.29. The number of carbonyl (C=O) groups excluding carboxylic acids is 1. The molecule has 0 radical (unpaired) electrons. The predicted octanol–water partition coefficient (Wildman–Crippen LogP) is 4.83. The minimum Gasteiger partial charge on any atom is -0.507 e. The number of hydrogen-bond acceptors (Lipinski definition) is 4. The molecule has 0 atom stereocenters. The maximum absolute atomic E-state index is 12.6. The summed E-state index contributed by atoms with van der Waals surface area (Å²) in [4.78, 5) is 14.9. The lowest BCUT2D eigenvalue weighted by atomic mass is 10.1. The largest absolute Gasteiger partial charge is 0.507 e. The van der Waals surface area contributed by atoms with E-state index in [0.29, 0.717) is 15.8 Å². The van der Waals surface area contributed by atoms with Crippen LogP contribution in [0.25, 0.3) is 6.08 Å². The van der Waals surface area contributed by atoms with Crippen LogP contribution in [0.1, 0.15) is 17.5 Å². The summed E-state index contributed by atoms with van der Waals surface area (Å²) in [7, 11) is 0. The summed E-state index contributed by atoms with van der Waals surface area (Å²) < 4.78 is 1.36. The second-order valence-corrected chi connectivity index (χ2v) is 8.47. The van der Waals surface area contributed by atoms with Crippen LogP contribution in [0.2, 0.25) is 0 Å². The third-order valence-corrected chi connectivity index (χ3v) is 6.07. The molecule has 3 rings (SSSR count). The molecule has 0 aliphatic carbocycles. The van der Waals surface area contributed by atoms with Gasteiger partial charge in [-0.15, -0.1) is 0 Å². The molecule has 1 fully saturated rings. The average molecular weight is 481 g/mol. The lowest BCUT2D eigenvalue weighted by molar-refractivity contribution is -0.122. The number of phenolic OH excluding ortho intramolecular Hbond substituents is 1. The Morgan fingerprint density at radius 2 is 1.96 bits per heavy atom. The molecule has 25 heavy (non-hydrogen) atoms. The Morgan fingerprint density at radius 1 is 1.20 bits per heavy atom. The first-order chi connectivity index (χ1) is 12.0. The van der Waals surface area contributed by atoms with Crippen LogP contribution in [0.15, 0.2) is 53.4 Å². The van der Waals surface area contributed by atoms with Gasteiger partial charge in [0.1, 0.15) is 10.1 Å². The van der Waals surface area contributed by atoms with Crippen molar-refractivity contribution in [2.75, 3.05) is 6.54 Å². The first kappa shape index (κ1) is 18.4. The van der Waals surface area contributed by atoms with Crippen molar-refractivity contribution in [1.82, 2.24) is 4.90 Å². The number of amides is 1. The van der Waals surface area contributed by atoms with Crippen LogP contribution >= 0.6 is 46.6 Å². The SMILES string of the molecule is O=C1C(=Cc2ccc(O)c(I)c2)SC(=S)N1CCCc1ccccc1. The summed E-state index contributed by atoms with van der Waals surface area (Å²) >= 11 is 8.78. The molecule has 1 aliphatic rings. The molecule has 0 spiro atoms. The summed E-state index contributed by atoms with van der Waals surface area (Å²) in [5, 5.41) is 9.60. The zero-order valence-corrected chi connectivity index (χ0v) is 17.1. The van der Waals surface area contributed by atoms with Crippen molar-refractivity contribution >= 4 is 62.9 Å². The van der Waals surface area contributed by atoms with Gasteiger partial charge in [0, 0.05) is 6.54 Å². The molecule has 1 N–H and O–H groups in total. The van der Waals surface area contributed by atoms with Crippen LogP contribution in [-0.2, 0) is 11.2 Å². The Bertz CT molecular complexity index is 837. The summed E-state index contributed by atoms with van der Waals surface area (Å²) in [6.07, 6.45) is 3.63. The van der Waals surface area contributed by atoms with Crippen molar-refractivity contribution < 1.29 is 9.90 Å². The molecule has 1 heterocycles. The van der Waals surface area contributed by atoms with E-state index < -0.39 is 0 Å². The Kier molecular flexibility index (Phi) is 6.14. The van der Waals surface area contributed by atoms with E-state index in [2.05, 4.69) is 34.7 Å². The van der Waals surface area contributed by atoms with Crippen molar-refractivity contribution in [3.05, 3.63) is 68.1 Å². The van der Waals surface area contributed by atoms with Crippen molar-refractivity contribution in [2.24, 2.45) is 0 Å². The third kappa shape index (κ3) is 4.62. The Balaban J connectivity index is 1.65. The number of aromatic hydroxyl groups is 1. The average Bonchev–Trinajstić information content (AvgIpc) is 2.86. The number of nitrogens with zero attached hydrogens (tertiary/aromatic N) is 1. The number of halogens is 1. The summed E-state index contributed by atoms with van der Waals surface area (Å²) in [5.41, 5.74) is 2.15. The van der Waals surface area contributed by atoms with E-state index in [1.54, 1.807) is 17.0 Å². The first-order valence-corrected chi connectivity index (χ1v) is 10.1. The van der Waals surface area contributed by atoms with Gasteiger partial charge in [0.2, 0.25) is 0 Å². The third-order valence-electron chi connectivity index (χ3n) is 3.83. The van der Waals surface area contributed by atoms with Gasteiger partial charge in [-0.1, -0.05) is 60.4 Å². The molecule has 1 saturated heterocycles. The van der Waals surface area contributed by atoms with Crippen LogP contribution in [0.4, 0.5) is 0 Å². The molecule has 0 aromatic heterocycles. The topological polar surface area (TPSA) is 40.5 Å². The van der Waals surface area contributed by atoms with Crippen LogP contribution in [-0.4, -0.2) is 26.8 Å². The van der Waals surface area contributed by atoms with E-state index in [4.69, 9.17) is 12.2 Å². The van der Waals surface area contributed by atoms with E-state index in [-0.39, 0.29) is 11.7 Å². The second kappa shape index (κ2) is 8.33. The molecule has 1 amide bonds. The van der Waals surface area contributed by atoms with Crippen LogP contribution in [0, 0.1) is 3.57 Å². The van der Waals surface area contributed by atoms with Crippen molar-refractivity contribution in [3.63, 3.8) is 0 Å². The fourth-order valence-corrected chi connectivity index (χ4v) is 4.39. The normalized spacial score (nSPS) is 16.0. The van der Waals surface area contributed by atoms with Crippen LogP contribution in [0.5, 0.6) is 5.75 Å².